The van der Waals surface area contributed by atoms with Crippen LogP contribution in [0.1, 0.15) is 31.2 Å². The molecule has 0 aliphatic heterocycles. The van der Waals surface area contributed by atoms with Gasteiger partial charge >= 0.3 is 0 Å². The van der Waals surface area contributed by atoms with E-state index in [0.29, 0.717) is 0 Å². The summed E-state index contributed by atoms with van der Waals surface area (Å²) in [6.07, 6.45) is 5.65. The highest BCUT2D eigenvalue weighted by atomic mass is 14.8. The van der Waals surface area contributed by atoms with Crippen LogP contribution >= 0.6 is 0 Å². The molecule has 1 heteroatoms. The van der Waals surface area contributed by atoms with Crippen molar-refractivity contribution < 1.29 is 0 Å². The lowest BCUT2D eigenvalue weighted by atomic mass is 9.83. The summed E-state index contributed by atoms with van der Waals surface area (Å²) in [5.74, 6) is 7.29. The Kier molecular flexibility index (Phi) is 4.46. The number of rotatable bonds is 4. The van der Waals surface area contributed by atoms with Crippen molar-refractivity contribution in [3.8, 4) is 11.8 Å². The van der Waals surface area contributed by atoms with Gasteiger partial charge in [0.1, 0.15) is 0 Å². The van der Waals surface area contributed by atoms with Crippen LogP contribution in [-0.2, 0) is 0 Å². The summed E-state index contributed by atoms with van der Waals surface area (Å²) >= 11 is 0. The van der Waals surface area contributed by atoms with Gasteiger partial charge in [0, 0.05) is 5.56 Å². The van der Waals surface area contributed by atoms with E-state index in [9.17, 15) is 0 Å². The van der Waals surface area contributed by atoms with E-state index in [4.69, 9.17) is 0 Å². The highest BCUT2D eigenvalue weighted by Crippen LogP contribution is 2.28. The first-order valence-electron chi connectivity index (χ1n) is 6.20. The summed E-state index contributed by atoms with van der Waals surface area (Å²) in [6, 6.07) is 10.1. The van der Waals surface area contributed by atoms with E-state index in [-0.39, 0.29) is 0 Å². The molecular formula is C15H19N. The maximum atomic E-state index is 3.38. The number of nitrogens with one attached hydrogen (secondary N) is 1. The minimum absolute atomic E-state index is 0.807. The van der Waals surface area contributed by atoms with Gasteiger partial charge in [-0.3, -0.25) is 0 Å². The second-order valence-electron chi connectivity index (χ2n) is 4.43. The zero-order valence-electron chi connectivity index (χ0n) is 9.71. The Morgan fingerprint density at radius 1 is 1.19 bits per heavy atom. The van der Waals surface area contributed by atoms with Crippen molar-refractivity contribution in [1.82, 2.24) is 5.32 Å². The third kappa shape index (κ3) is 3.72. The lowest BCUT2D eigenvalue weighted by Gasteiger charge is -2.24. The van der Waals surface area contributed by atoms with Crippen LogP contribution in [0.3, 0.4) is 0 Å². The largest absolute Gasteiger partial charge is 0.306 e. The molecule has 0 unspecified atom stereocenters. The Labute approximate surface area is 98.3 Å². The molecule has 0 bridgehead atoms. The van der Waals surface area contributed by atoms with Gasteiger partial charge in [-0.25, -0.2) is 0 Å². The minimum Gasteiger partial charge on any atom is -0.306 e. The molecule has 1 fully saturated rings. The SMILES string of the molecule is C(#Cc1ccccc1)CNCCC1CCC1. The fourth-order valence-corrected chi connectivity index (χ4v) is 1.91. The summed E-state index contributed by atoms with van der Waals surface area (Å²) in [5.41, 5.74) is 1.10. The van der Waals surface area contributed by atoms with Crippen molar-refractivity contribution in [3.63, 3.8) is 0 Å². The molecule has 1 aliphatic rings. The quantitative estimate of drug-likeness (QED) is 0.599. The van der Waals surface area contributed by atoms with Crippen molar-refractivity contribution in [1.29, 1.82) is 0 Å². The van der Waals surface area contributed by atoms with Crippen LogP contribution in [0.2, 0.25) is 0 Å². The molecule has 1 aromatic rings. The van der Waals surface area contributed by atoms with Gasteiger partial charge in [0.2, 0.25) is 0 Å². The summed E-state index contributed by atoms with van der Waals surface area (Å²) in [6.45, 7) is 1.93. The second-order valence-corrected chi connectivity index (χ2v) is 4.43. The van der Waals surface area contributed by atoms with E-state index < -0.39 is 0 Å². The van der Waals surface area contributed by atoms with Crippen molar-refractivity contribution >= 4 is 0 Å². The van der Waals surface area contributed by atoms with Crippen molar-refractivity contribution in [2.24, 2.45) is 5.92 Å². The number of benzene rings is 1. The monoisotopic (exact) mass is 213 g/mol. The third-order valence-electron chi connectivity index (χ3n) is 3.17. The summed E-state index contributed by atoms with van der Waals surface area (Å²) < 4.78 is 0. The Morgan fingerprint density at radius 3 is 2.69 bits per heavy atom. The van der Waals surface area contributed by atoms with Crippen molar-refractivity contribution in [2.45, 2.75) is 25.7 Å². The molecule has 1 aromatic carbocycles. The molecule has 0 atom stereocenters. The summed E-state index contributed by atoms with van der Waals surface area (Å²) in [4.78, 5) is 0. The Balaban J connectivity index is 1.58. The van der Waals surface area contributed by atoms with E-state index in [1.54, 1.807) is 0 Å². The normalized spacial score (nSPS) is 15.0. The smallest absolute Gasteiger partial charge is 0.0580 e. The van der Waals surface area contributed by atoms with Crippen LogP contribution in [0, 0.1) is 17.8 Å². The summed E-state index contributed by atoms with van der Waals surface area (Å²) in [5, 5.41) is 3.38. The Morgan fingerprint density at radius 2 is 2.00 bits per heavy atom. The van der Waals surface area contributed by atoms with Crippen LogP contribution in [0.15, 0.2) is 30.3 Å². The molecule has 0 saturated heterocycles. The van der Waals surface area contributed by atoms with Crippen LogP contribution in [0.25, 0.3) is 0 Å². The Hall–Kier alpha value is -1.26. The van der Waals surface area contributed by atoms with Gasteiger partial charge in [0.15, 0.2) is 0 Å². The van der Waals surface area contributed by atoms with Crippen LogP contribution in [0.5, 0.6) is 0 Å². The first-order valence-corrected chi connectivity index (χ1v) is 6.20. The molecule has 2 rings (SSSR count). The molecule has 1 aliphatic carbocycles. The molecule has 0 aromatic heterocycles. The molecule has 1 nitrogen and oxygen atoms in total. The van der Waals surface area contributed by atoms with Crippen LogP contribution in [0.4, 0.5) is 0 Å². The van der Waals surface area contributed by atoms with E-state index in [2.05, 4.69) is 17.2 Å². The topological polar surface area (TPSA) is 12.0 Å². The lowest BCUT2D eigenvalue weighted by Crippen LogP contribution is -2.21. The minimum atomic E-state index is 0.807. The second kappa shape index (κ2) is 6.35. The van der Waals surface area contributed by atoms with E-state index in [1.165, 1.54) is 25.7 Å². The average molecular weight is 213 g/mol. The van der Waals surface area contributed by atoms with Crippen LogP contribution < -0.4 is 5.32 Å². The van der Waals surface area contributed by atoms with Crippen LogP contribution in [-0.4, -0.2) is 13.1 Å². The van der Waals surface area contributed by atoms with Gasteiger partial charge in [-0.2, -0.15) is 0 Å². The van der Waals surface area contributed by atoms with Gasteiger partial charge in [-0.1, -0.05) is 49.3 Å². The fourth-order valence-electron chi connectivity index (χ4n) is 1.91. The molecule has 1 saturated carbocycles. The lowest BCUT2D eigenvalue weighted by molar-refractivity contribution is 0.294. The Bertz CT molecular complexity index is 354. The zero-order chi connectivity index (χ0) is 11.1. The van der Waals surface area contributed by atoms with Gasteiger partial charge in [-0.15, -0.1) is 0 Å². The first-order chi connectivity index (χ1) is 7.95. The van der Waals surface area contributed by atoms with E-state index >= 15 is 0 Å². The fraction of sp³-hybridized carbons (Fsp3) is 0.467. The highest BCUT2D eigenvalue weighted by molar-refractivity contribution is 5.33. The molecule has 0 amide bonds. The van der Waals surface area contributed by atoms with Gasteiger partial charge in [0.25, 0.3) is 0 Å². The number of hydrogen-bond donors (Lipinski definition) is 1. The predicted molar refractivity (Wildman–Crippen MR) is 68.1 cm³/mol. The van der Waals surface area contributed by atoms with Gasteiger partial charge < -0.3 is 5.32 Å². The van der Waals surface area contributed by atoms with Gasteiger partial charge in [-0.05, 0) is 31.0 Å². The van der Waals surface area contributed by atoms with Crippen molar-refractivity contribution in [3.05, 3.63) is 35.9 Å². The molecule has 0 spiro atoms. The zero-order valence-corrected chi connectivity index (χ0v) is 9.71. The molecule has 84 valence electrons. The molecule has 0 heterocycles. The molecule has 0 radical (unpaired) electrons. The maximum absolute atomic E-state index is 3.38. The molecular weight excluding hydrogens is 194 g/mol. The average Bonchev–Trinajstić information content (AvgIpc) is 2.27. The first kappa shape index (κ1) is 11.2. The third-order valence-corrected chi connectivity index (χ3v) is 3.17. The van der Waals surface area contributed by atoms with E-state index in [0.717, 1.165) is 24.6 Å². The highest BCUT2D eigenvalue weighted by Gasteiger charge is 2.15. The maximum Gasteiger partial charge on any atom is 0.0580 e. The van der Waals surface area contributed by atoms with E-state index in [1.807, 2.05) is 30.3 Å². The standard InChI is InChI=1S/C15H19N/c1-2-6-14(7-3-1)10-5-12-16-13-11-15-8-4-9-15/h1-3,6-7,15-16H,4,8-9,11-13H2. The predicted octanol–water partition coefficient (Wildman–Crippen LogP) is 2.82. The molecule has 1 N–H and O–H groups in total. The summed E-state index contributed by atoms with van der Waals surface area (Å²) in [7, 11) is 0. The molecule has 16 heavy (non-hydrogen) atoms. The van der Waals surface area contributed by atoms with Gasteiger partial charge in [0.05, 0.1) is 6.54 Å². The van der Waals surface area contributed by atoms with Crippen molar-refractivity contribution in [2.75, 3.05) is 13.1 Å². The number of hydrogen-bond acceptors (Lipinski definition) is 1.